The number of anilines is 3. The molecule has 3 nitrogen and oxygen atoms in total. The molecule has 0 aliphatic rings. The Balaban J connectivity index is 1.26. The molecular weight excluding hydrogens is 560 g/mol. The van der Waals surface area contributed by atoms with Crippen molar-refractivity contribution in [2.24, 2.45) is 0 Å². The second-order valence-electron chi connectivity index (χ2n) is 11.6. The number of aromatic nitrogens is 1. The Labute approximate surface area is 266 Å². The van der Waals surface area contributed by atoms with E-state index < -0.39 is 0 Å². The first-order chi connectivity index (χ1) is 22.8. The fourth-order valence-corrected chi connectivity index (χ4v) is 6.75. The average molecular weight is 589 g/mol. The molecule has 0 saturated heterocycles. The first kappa shape index (κ1) is 26.2. The van der Waals surface area contributed by atoms with Crippen LogP contribution in [0.3, 0.4) is 0 Å². The van der Waals surface area contributed by atoms with Crippen LogP contribution in [-0.4, -0.2) is 4.98 Å². The zero-order chi connectivity index (χ0) is 30.5. The van der Waals surface area contributed by atoms with E-state index in [1.807, 2.05) is 12.3 Å². The molecular formula is C43H28N2O. The van der Waals surface area contributed by atoms with Crippen molar-refractivity contribution in [1.82, 2.24) is 4.98 Å². The summed E-state index contributed by atoms with van der Waals surface area (Å²) in [5, 5.41) is 5.65. The van der Waals surface area contributed by atoms with Gasteiger partial charge >= 0.3 is 0 Å². The third-order valence-electron chi connectivity index (χ3n) is 8.90. The van der Waals surface area contributed by atoms with Crippen LogP contribution >= 0.6 is 0 Å². The second kappa shape index (κ2) is 10.8. The lowest BCUT2D eigenvalue weighted by molar-refractivity contribution is 0.672. The summed E-state index contributed by atoms with van der Waals surface area (Å²) in [6, 6.07) is 57.9. The third kappa shape index (κ3) is 4.33. The predicted molar refractivity (Wildman–Crippen MR) is 192 cm³/mol. The summed E-state index contributed by atoms with van der Waals surface area (Å²) in [5.41, 5.74) is 10.6. The quantitative estimate of drug-likeness (QED) is 0.200. The SMILES string of the molecule is c1ccc(-c2cccc(N(c3ccc(-c4cccc5ccccc45)cc3)c3cccc4oc5c6cccnc6ccc5c34)c2)cc1. The van der Waals surface area contributed by atoms with E-state index in [1.165, 1.54) is 27.5 Å². The van der Waals surface area contributed by atoms with Gasteiger partial charge in [0.25, 0.3) is 0 Å². The number of pyridine rings is 1. The number of rotatable bonds is 5. The average Bonchev–Trinajstić information content (AvgIpc) is 3.53. The highest BCUT2D eigenvalue weighted by Gasteiger charge is 2.21. The molecule has 7 aromatic carbocycles. The number of nitrogens with zero attached hydrogens (tertiary/aromatic N) is 2. The van der Waals surface area contributed by atoms with Crippen molar-refractivity contribution in [2.45, 2.75) is 0 Å². The summed E-state index contributed by atoms with van der Waals surface area (Å²) in [4.78, 5) is 6.93. The lowest BCUT2D eigenvalue weighted by Crippen LogP contribution is -2.10. The lowest BCUT2D eigenvalue weighted by Gasteiger charge is -2.27. The van der Waals surface area contributed by atoms with Gasteiger partial charge in [-0.05, 0) is 93.7 Å². The van der Waals surface area contributed by atoms with Crippen molar-refractivity contribution < 1.29 is 4.42 Å². The molecule has 0 radical (unpaired) electrons. The number of fused-ring (bicyclic) bond motifs is 6. The van der Waals surface area contributed by atoms with Gasteiger partial charge in [-0.2, -0.15) is 0 Å². The van der Waals surface area contributed by atoms with Crippen LogP contribution in [0.15, 0.2) is 174 Å². The van der Waals surface area contributed by atoms with Crippen LogP contribution in [-0.2, 0) is 0 Å². The van der Waals surface area contributed by atoms with E-state index in [2.05, 4.69) is 168 Å². The van der Waals surface area contributed by atoms with Gasteiger partial charge in [0.1, 0.15) is 11.2 Å². The summed E-state index contributed by atoms with van der Waals surface area (Å²) >= 11 is 0. The molecule has 9 rings (SSSR count). The highest BCUT2D eigenvalue weighted by atomic mass is 16.3. The van der Waals surface area contributed by atoms with Crippen LogP contribution in [0.4, 0.5) is 17.1 Å². The van der Waals surface area contributed by atoms with Crippen molar-refractivity contribution in [1.29, 1.82) is 0 Å². The molecule has 0 atom stereocenters. The second-order valence-corrected chi connectivity index (χ2v) is 11.6. The summed E-state index contributed by atoms with van der Waals surface area (Å²) in [5.74, 6) is 0. The Morgan fingerprint density at radius 2 is 1.24 bits per heavy atom. The predicted octanol–water partition coefficient (Wildman–Crippen LogP) is 12.1. The molecule has 46 heavy (non-hydrogen) atoms. The molecule has 0 aliphatic heterocycles. The van der Waals surface area contributed by atoms with Crippen LogP contribution in [0, 0.1) is 0 Å². The molecule has 0 N–H and O–H groups in total. The molecule has 2 heterocycles. The van der Waals surface area contributed by atoms with E-state index >= 15 is 0 Å². The van der Waals surface area contributed by atoms with E-state index in [0.29, 0.717) is 0 Å². The third-order valence-corrected chi connectivity index (χ3v) is 8.90. The number of hydrogen-bond acceptors (Lipinski definition) is 3. The van der Waals surface area contributed by atoms with Crippen molar-refractivity contribution >= 4 is 60.7 Å². The van der Waals surface area contributed by atoms with Crippen LogP contribution in [0.25, 0.3) is 65.9 Å². The van der Waals surface area contributed by atoms with Gasteiger partial charge in [0.2, 0.25) is 0 Å². The van der Waals surface area contributed by atoms with E-state index in [4.69, 9.17) is 4.42 Å². The zero-order valence-corrected chi connectivity index (χ0v) is 25.0. The summed E-state index contributed by atoms with van der Waals surface area (Å²) in [6.45, 7) is 0. The minimum Gasteiger partial charge on any atom is -0.455 e. The maximum absolute atomic E-state index is 6.57. The fourth-order valence-electron chi connectivity index (χ4n) is 6.75. The Morgan fingerprint density at radius 1 is 0.478 bits per heavy atom. The molecule has 0 spiro atoms. The fraction of sp³-hybridized carbons (Fsp3) is 0. The largest absolute Gasteiger partial charge is 0.455 e. The van der Waals surface area contributed by atoms with Crippen LogP contribution in [0.5, 0.6) is 0 Å². The van der Waals surface area contributed by atoms with Crippen LogP contribution in [0.1, 0.15) is 0 Å². The van der Waals surface area contributed by atoms with Crippen LogP contribution < -0.4 is 4.90 Å². The smallest absolute Gasteiger partial charge is 0.144 e. The molecule has 0 fully saturated rings. The van der Waals surface area contributed by atoms with E-state index in [1.54, 1.807) is 0 Å². The Kier molecular flexibility index (Phi) is 6.14. The normalized spacial score (nSPS) is 11.5. The molecule has 9 aromatic rings. The molecule has 3 heteroatoms. The number of furan rings is 1. The minimum atomic E-state index is 0.848. The van der Waals surface area contributed by atoms with Crippen LogP contribution in [0.2, 0.25) is 0 Å². The van der Waals surface area contributed by atoms with Crippen molar-refractivity contribution in [3.05, 3.63) is 170 Å². The highest BCUT2D eigenvalue weighted by molar-refractivity contribution is 6.19. The van der Waals surface area contributed by atoms with Gasteiger partial charge in [0.05, 0.1) is 16.6 Å². The zero-order valence-electron chi connectivity index (χ0n) is 25.0. The summed E-state index contributed by atoms with van der Waals surface area (Å²) in [6.07, 6.45) is 1.83. The number of benzene rings is 7. The van der Waals surface area contributed by atoms with Gasteiger partial charge < -0.3 is 9.32 Å². The summed E-state index contributed by atoms with van der Waals surface area (Å²) < 4.78 is 6.57. The van der Waals surface area contributed by atoms with Gasteiger partial charge in [-0.1, -0.05) is 103 Å². The van der Waals surface area contributed by atoms with Gasteiger partial charge in [0.15, 0.2) is 0 Å². The molecule has 0 unspecified atom stereocenters. The van der Waals surface area contributed by atoms with Gasteiger partial charge in [-0.3, -0.25) is 4.98 Å². The molecule has 0 bridgehead atoms. The first-order valence-electron chi connectivity index (χ1n) is 15.5. The Bertz CT molecular complexity index is 2530. The van der Waals surface area contributed by atoms with E-state index in [0.717, 1.165) is 55.5 Å². The lowest BCUT2D eigenvalue weighted by atomic mass is 9.98. The summed E-state index contributed by atoms with van der Waals surface area (Å²) in [7, 11) is 0. The maximum atomic E-state index is 6.57. The van der Waals surface area contributed by atoms with Gasteiger partial charge in [-0.15, -0.1) is 0 Å². The molecule has 216 valence electrons. The molecule has 0 aliphatic carbocycles. The maximum Gasteiger partial charge on any atom is 0.144 e. The van der Waals surface area contributed by atoms with Crippen molar-refractivity contribution in [3.63, 3.8) is 0 Å². The van der Waals surface area contributed by atoms with E-state index in [9.17, 15) is 0 Å². The highest BCUT2D eigenvalue weighted by Crippen LogP contribution is 2.45. The first-order valence-corrected chi connectivity index (χ1v) is 15.5. The van der Waals surface area contributed by atoms with Crippen molar-refractivity contribution in [3.8, 4) is 22.3 Å². The van der Waals surface area contributed by atoms with Crippen molar-refractivity contribution in [2.75, 3.05) is 4.90 Å². The van der Waals surface area contributed by atoms with E-state index in [-0.39, 0.29) is 0 Å². The van der Waals surface area contributed by atoms with Gasteiger partial charge in [-0.25, -0.2) is 0 Å². The monoisotopic (exact) mass is 588 g/mol. The van der Waals surface area contributed by atoms with Gasteiger partial charge in [0, 0.05) is 28.3 Å². The topological polar surface area (TPSA) is 29.3 Å². The Morgan fingerprint density at radius 3 is 2.15 bits per heavy atom. The molecule has 0 saturated carbocycles. The molecule has 0 amide bonds. The standard InChI is InChI=1S/C43H28N2O/c1-2-10-29(11-3-1)32-14-6-15-34(28-32)45(33-23-21-31(22-24-33)36-17-7-13-30-12-4-5-16-35(30)36)40-19-8-20-41-42(40)38-25-26-39-37(43(38)46-41)18-9-27-44-39/h1-28H. The minimum absolute atomic E-state index is 0.848. The molecule has 2 aromatic heterocycles. The Hall–Kier alpha value is -6.19. The number of hydrogen-bond donors (Lipinski definition) is 0.